The van der Waals surface area contributed by atoms with Crippen LogP contribution in [0.1, 0.15) is 12.5 Å². The second kappa shape index (κ2) is 8.72. The molecule has 2 heterocycles. The van der Waals surface area contributed by atoms with Gasteiger partial charge >= 0.3 is 11.9 Å². The molecule has 1 aromatic heterocycles. The van der Waals surface area contributed by atoms with Gasteiger partial charge in [-0.25, -0.2) is 19.3 Å². The lowest BCUT2D eigenvalue weighted by atomic mass is 10.1. The highest BCUT2D eigenvalue weighted by Gasteiger charge is 2.41. The minimum Gasteiger partial charge on any atom is -0.473 e. The molecule has 26 heavy (non-hydrogen) atoms. The minimum absolute atomic E-state index is 0.297. The van der Waals surface area contributed by atoms with Gasteiger partial charge in [0.1, 0.15) is 17.5 Å². The predicted molar refractivity (Wildman–Crippen MR) is 98.5 cm³/mol. The van der Waals surface area contributed by atoms with Gasteiger partial charge in [-0.1, -0.05) is 36.2 Å². The quantitative estimate of drug-likeness (QED) is 0.649. The topological polar surface area (TPSA) is 117 Å². The number of aliphatic carboxylic acids is 2. The zero-order chi connectivity index (χ0) is 19.3. The molecule has 0 saturated carbocycles. The number of carboxylic acids is 2. The van der Waals surface area contributed by atoms with Gasteiger partial charge in [0.15, 0.2) is 0 Å². The largest absolute Gasteiger partial charge is 0.473 e. The lowest BCUT2D eigenvalue weighted by Gasteiger charge is -2.30. The van der Waals surface area contributed by atoms with Gasteiger partial charge in [0.25, 0.3) is 0 Å². The van der Waals surface area contributed by atoms with Crippen LogP contribution >= 0.6 is 35.0 Å². The summed E-state index contributed by atoms with van der Waals surface area (Å²) < 4.78 is 1.82. The molecule has 0 aliphatic carbocycles. The monoisotopic (exact) mass is 418 g/mol. The second-order valence-corrected chi connectivity index (χ2v) is 8.04. The van der Waals surface area contributed by atoms with Gasteiger partial charge in [-0.2, -0.15) is 5.10 Å². The zero-order valence-electron chi connectivity index (χ0n) is 13.6. The molecule has 3 N–H and O–H groups in total. The SMILES string of the molecule is CC1CNC(Cn2cncn2)(c2ccc(Cl)cc2Cl)S1.O=C(O)C(=O)O. The van der Waals surface area contributed by atoms with Crippen molar-refractivity contribution in [2.75, 3.05) is 6.54 Å². The van der Waals surface area contributed by atoms with Crippen LogP contribution in [0, 0.1) is 0 Å². The van der Waals surface area contributed by atoms with E-state index in [4.69, 9.17) is 43.0 Å². The summed E-state index contributed by atoms with van der Waals surface area (Å²) in [6.45, 7) is 3.80. The number of halogens is 2. The first-order valence-electron chi connectivity index (χ1n) is 7.40. The number of nitrogens with one attached hydrogen (secondary N) is 1. The van der Waals surface area contributed by atoms with Gasteiger partial charge in [0.2, 0.25) is 0 Å². The van der Waals surface area contributed by atoms with Crippen molar-refractivity contribution in [2.45, 2.75) is 23.6 Å². The van der Waals surface area contributed by atoms with Crippen molar-refractivity contribution in [1.82, 2.24) is 20.1 Å². The molecule has 2 atom stereocenters. The molecule has 140 valence electrons. The number of thioether (sulfide) groups is 1. The predicted octanol–water partition coefficient (Wildman–Crippen LogP) is 2.32. The normalized spacial score (nSPS) is 21.7. The van der Waals surface area contributed by atoms with E-state index in [1.165, 1.54) is 0 Å². The van der Waals surface area contributed by atoms with Crippen LogP contribution in [0.15, 0.2) is 30.9 Å². The third kappa shape index (κ3) is 5.10. The summed E-state index contributed by atoms with van der Waals surface area (Å²) in [6.07, 6.45) is 3.26. The molecule has 0 bridgehead atoms. The smallest absolute Gasteiger partial charge is 0.414 e. The molecular formula is C15H16Cl2N4O4S. The molecular weight excluding hydrogens is 403 g/mol. The number of hydrogen-bond donors (Lipinski definition) is 3. The molecule has 8 nitrogen and oxygen atoms in total. The minimum atomic E-state index is -1.82. The molecule has 1 aromatic carbocycles. The first-order valence-corrected chi connectivity index (χ1v) is 9.04. The van der Waals surface area contributed by atoms with Gasteiger partial charge in [0, 0.05) is 27.4 Å². The molecule has 1 fully saturated rings. The Morgan fingerprint density at radius 1 is 1.38 bits per heavy atom. The number of benzene rings is 1. The highest BCUT2D eigenvalue weighted by Crippen LogP contribution is 2.45. The van der Waals surface area contributed by atoms with Crippen LogP contribution in [0.4, 0.5) is 0 Å². The van der Waals surface area contributed by atoms with E-state index in [9.17, 15) is 0 Å². The maximum absolute atomic E-state index is 9.10. The molecule has 1 saturated heterocycles. The van der Waals surface area contributed by atoms with Crippen LogP contribution in [0.3, 0.4) is 0 Å². The van der Waals surface area contributed by atoms with Gasteiger partial charge in [-0.05, 0) is 12.1 Å². The Morgan fingerprint density at radius 3 is 2.54 bits per heavy atom. The molecule has 0 spiro atoms. The van der Waals surface area contributed by atoms with Gasteiger partial charge < -0.3 is 10.2 Å². The highest BCUT2D eigenvalue weighted by atomic mass is 35.5. The summed E-state index contributed by atoms with van der Waals surface area (Å²) in [7, 11) is 0. The molecule has 0 radical (unpaired) electrons. The summed E-state index contributed by atoms with van der Waals surface area (Å²) in [5.41, 5.74) is 1.04. The van der Waals surface area contributed by atoms with E-state index in [-0.39, 0.29) is 4.87 Å². The molecule has 3 rings (SSSR count). The molecule has 1 aliphatic heterocycles. The Balaban J connectivity index is 0.000000352. The van der Waals surface area contributed by atoms with Crippen LogP contribution < -0.4 is 5.32 Å². The summed E-state index contributed by atoms with van der Waals surface area (Å²) in [5.74, 6) is -3.65. The number of rotatable bonds is 3. The third-order valence-corrected chi connectivity index (χ3v) is 5.49. The maximum atomic E-state index is 9.10. The Morgan fingerprint density at radius 2 is 2.08 bits per heavy atom. The summed E-state index contributed by atoms with van der Waals surface area (Å²) >= 11 is 14.3. The number of nitrogens with zero attached hydrogens (tertiary/aromatic N) is 3. The fourth-order valence-corrected chi connectivity index (χ4v) is 4.59. The molecule has 1 aliphatic rings. The van der Waals surface area contributed by atoms with E-state index in [1.54, 1.807) is 18.7 Å². The first-order chi connectivity index (χ1) is 12.2. The summed E-state index contributed by atoms with van der Waals surface area (Å²) in [4.78, 5) is 21.9. The van der Waals surface area contributed by atoms with Crippen LogP contribution in [-0.4, -0.2) is 48.7 Å². The van der Waals surface area contributed by atoms with E-state index in [0.29, 0.717) is 21.8 Å². The standard InChI is InChI=1S/C13H14Cl2N4S.C2H2O4/c1-9-5-17-13(20-9,6-19-8-16-7-18-19)11-3-2-10(14)4-12(11)15;3-1(4)2(5)6/h2-4,7-9,17H,5-6H2,1H3;(H,3,4)(H,5,6). The van der Waals surface area contributed by atoms with Crippen molar-refractivity contribution in [3.8, 4) is 0 Å². The lowest BCUT2D eigenvalue weighted by molar-refractivity contribution is -0.159. The number of carboxylic acid groups (broad SMARTS) is 2. The van der Waals surface area contributed by atoms with Gasteiger partial charge in [0.05, 0.1) is 6.54 Å². The van der Waals surface area contributed by atoms with Gasteiger partial charge in [-0.3, -0.25) is 5.32 Å². The third-order valence-electron chi connectivity index (χ3n) is 3.48. The molecule has 2 unspecified atom stereocenters. The highest BCUT2D eigenvalue weighted by molar-refractivity contribution is 8.01. The Hall–Kier alpha value is -1.81. The zero-order valence-corrected chi connectivity index (χ0v) is 15.9. The Kier molecular flexibility index (Phi) is 6.87. The van der Waals surface area contributed by atoms with Crippen molar-refractivity contribution in [3.05, 3.63) is 46.5 Å². The van der Waals surface area contributed by atoms with E-state index >= 15 is 0 Å². The number of carbonyl (C=O) groups is 2. The van der Waals surface area contributed by atoms with Crippen LogP contribution in [0.25, 0.3) is 0 Å². The average molecular weight is 419 g/mol. The Bertz CT molecular complexity index is 778. The lowest BCUT2D eigenvalue weighted by Crippen LogP contribution is -2.39. The van der Waals surface area contributed by atoms with Crippen LogP contribution in [0.5, 0.6) is 0 Å². The second-order valence-electron chi connectivity index (χ2n) is 5.46. The molecule has 0 amide bonds. The van der Waals surface area contributed by atoms with E-state index in [2.05, 4.69) is 22.3 Å². The summed E-state index contributed by atoms with van der Waals surface area (Å²) in [6, 6.07) is 5.64. The van der Waals surface area contributed by atoms with Crippen LogP contribution in [0.2, 0.25) is 10.0 Å². The van der Waals surface area contributed by atoms with E-state index < -0.39 is 11.9 Å². The van der Waals surface area contributed by atoms with Crippen molar-refractivity contribution in [2.24, 2.45) is 0 Å². The van der Waals surface area contributed by atoms with Gasteiger partial charge in [-0.15, -0.1) is 11.8 Å². The average Bonchev–Trinajstić information content (AvgIpc) is 3.18. The van der Waals surface area contributed by atoms with E-state index in [1.807, 2.05) is 28.6 Å². The van der Waals surface area contributed by atoms with Crippen molar-refractivity contribution in [1.29, 1.82) is 0 Å². The van der Waals surface area contributed by atoms with Crippen molar-refractivity contribution >= 4 is 46.9 Å². The number of hydrogen-bond acceptors (Lipinski definition) is 6. The fourth-order valence-electron chi connectivity index (χ4n) is 2.43. The van der Waals surface area contributed by atoms with E-state index in [0.717, 1.165) is 12.1 Å². The Labute approximate surface area is 163 Å². The first kappa shape index (κ1) is 20.5. The van der Waals surface area contributed by atoms with Crippen LogP contribution in [-0.2, 0) is 21.0 Å². The number of aromatic nitrogens is 3. The summed E-state index contributed by atoms with van der Waals surface area (Å²) in [5, 5.41) is 24.4. The maximum Gasteiger partial charge on any atom is 0.414 e. The molecule has 11 heteroatoms. The van der Waals surface area contributed by atoms with Crippen molar-refractivity contribution < 1.29 is 19.8 Å². The fraction of sp³-hybridized carbons (Fsp3) is 0.333. The van der Waals surface area contributed by atoms with Crippen molar-refractivity contribution in [3.63, 3.8) is 0 Å². The molecule has 2 aromatic rings.